The zero-order valence-corrected chi connectivity index (χ0v) is 13.3. The largest absolute Gasteiger partial charge is 0.359 e. The fourth-order valence-corrected chi connectivity index (χ4v) is 2.97. The van der Waals surface area contributed by atoms with Crippen LogP contribution in [-0.2, 0) is 0 Å². The number of rotatable bonds is 3. The van der Waals surface area contributed by atoms with Crippen LogP contribution in [0.4, 0.5) is 0 Å². The first-order chi connectivity index (χ1) is 10.9. The maximum atomic E-state index is 12.8. The number of carbonyl (C=O) groups is 1. The van der Waals surface area contributed by atoms with Gasteiger partial charge in [-0.25, -0.2) is 4.98 Å². The van der Waals surface area contributed by atoms with Crippen molar-refractivity contribution < 1.29 is 4.79 Å². The predicted octanol–water partition coefficient (Wildman–Crippen LogP) is 3.46. The lowest BCUT2D eigenvalue weighted by molar-refractivity contribution is 0.0901. The number of pyridine rings is 2. The van der Waals surface area contributed by atoms with Gasteiger partial charge in [-0.1, -0.05) is 26.8 Å². The second kappa shape index (κ2) is 4.65. The van der Waals surface area contributed by atoms with Crippen molar-refractivity contribution in [3.8, 4) is 11.4 Å². The molecule has 1 atom stereocenters. The van der Waals surface area contributed by atoms with Gasteiger partial charge in [0.05, 0.1) is 28.5 Å². The molecule has 0 fully saturated rings. The number of amides is 1. The highest BCUT2D eigenvalue weighted by Crippen LogP contribution is 2.39. The van der Waals surface area contributed by atoms with Crippen molar-refractivity contribution in [1.82, 2.24) is 20.3 Å². The predicted molar refractivity (Wildman–Crippen MR) is 89.0 cm³/mol. The fourth-order valence-electron chi connectivity index (χ4n) is 2.97. The molecule has 0 saturated carbocycles. The molecule has 5 nitrogen and oxygen atoms in total. The Morgan fingerprint density at radius 3 is 2.83 bits per heavy atom. The summed E-state index contributed by atoms with van der Waals surface area (Å²) >= 11 is 0. The zero-order valence-electron chi connectivity index (χ0n) is 13.3. The van der Waals surface area contributed by atoms with Gasteiger partial charge in [-0.05, 0) is 23.6 Å². The number of hydrogen-bond donors (Lipinski definition) is 2. The van der Waals surface area contributed by atoms with Crippen LogP contribution in [-0.4, -0.2) is 20.9 Å². The highest BCUT2D eigenvalue weighted by molar-refractivity contribution is 6.13. The van der Waals surface area contributed by atoms with Crippen molar-refractivity contribution in [1.29, 1.82) is 0 Å². The van der Waals surface area contributed by atoms with Gasteiger partial charge in [0.1, 0.15) is 5.69 Å². The van der Waals surface area contributed by atoms with Crippen molar-refractivity contribution in [3.63, 3.8) is 0 Å². The number of aromatic nitrogens is 3. The minimum Gasteiger partial charge on any atom is -0.359 e. The van der Waals surface area contributed by atoms with E-state index in [2.05, 4.69) is 41.0 Å². The van der Waals surface area contributed by atoms with Crippen molar-refractivity contribution in [2.24, 2.45) is 5.41 Å². The first-order valence-electron chi connectivity index (χ1n) is 7.69. The summed E-state index contributed by atoms with van der Waals surface area (Å²) in [7, 11) is 0. The molecular formula is C18H18N4O. The number of aromatic amines is 1. The SMILES string of the molecule is CC(C)(C)[C@H](NC(=O)c1c[nH]c2c3nc-3cc12)c1ccccn1. The number of fused-ring (bicyclic) bond motifs is 3. The smallest absolute Gasteiger partial charge is 0.254 e. The van der Waals surface area contributed by atoms with E-state index in [9.17, 15) is 4.79 Å². The van der Waals surface area contributed by atoms with Gasteiger partial charge < -0.3 is 10.3 Å². The topological polar surface area (TPSA) is 70.7 Å². The van der Waals surface area contributed by atoms with E-state index in [-0.39, 0.29) is 17.4 Å². The summed E-state index contributed by atoms with van der Waals surface area (Å²) in [4.78, 5) is 24.6. The number of nitrogens with zero attached hydrogens (tertiary/aromatic N) is 2. The Morgan fingerprint density at radius 2 is 2.13 bits per heavy atom. The van der Waals surface area contributed by atoms with Gasteiger partial charge in [-0.15, -0.1) is 0 Å². The van der Waals surface area contributed by atoms with Crippen molar-refractivity contribution in [2.75, 3.05) is 0 Å². The third kappa shape index (κ3) is 2.29. The average molecular weight is 306 g/mol. The Hall–Kier alpha value is -2.69. The molecule has 0 bridgehead atoms. The second-order valence-electron chi connectivity index (χ2n) is 7.01. The van der Waals surface area contributed by atoms with E-state index in [1.165, 1.54) is 0 Å². The summed E-state index contributed by atoms with van der Waals surface area (Å²) in [6.45, 7) is 6.29. The summed E-state index contributed by atoms with van der Waals surface area (Å²) in [5, 5.41) is 4.09. The number of H-pyrrole nitrogens is 1. The minimum absolute atomic E-state index is 0.0909. The molecule has 0 saturated heterocycles. The molecule has 1 aliphatic carbocycles. The molecule has 1 amide bonds. The van der Waals surface area contributed by atoms with Crippen LogP contribution in [0.25, 0.3) is 22.3 Å². The molecule has 0 aromatic carbocycles. The molecule has 23 heavy (non-hydrogen) atoms. The van der Waals surface area contributed by atoms with Gasteiger partial charge in [0.2, 0.25) is 0 Å². The lowest BCUT2D eigenvalue weighted by Crippen LogP contribution is -2.37. The summed E-state index contributed by atoms with van der Waals surface area (Å²) in [5.74, 6) is -0.0909. The molecule has 2 N–H and O–H groups in total. The summed E-state index contributed by atoms with van der Waals surface area (Å²) in [5.41, 5.74) is 4.30. The lowest BCUT2D eigenvalue weighted by Gasteiger charge is -2.31. The molecule has 0 spiro atoms. The third-order valence-electron chi connectivity index (χ3n) is 4.23. The monoisotopic (exact) mass is 306 g/mol. The molecule has 2 aliphatic rings. The quantitative estimate of drug-likeness (QED) is 0.609. The van der Waals surface area contributed by atoms with E-state index in [1.807, 2.05) is 24.3 Å². The van der Waals surface area contributed by atoms with Gasteiger partial charge in [-0.2, -0.15) is 0 Å². The van der Waals surface area contributed by atoms with Gasteiger partial charge in [0, 0.05) is 17.8 Å². The van der Waals surface area contributed by atoms with Crippen LogP contribution in [0.3, 0.4) is 0 Å². The van der Waals surface area contributed by atoms with Gasteiger partial charge >= 0.3 is 0 Å². The highest BCUT2D eigenvalue weighted by atomic mass is 16.1. The first kappa shape index (κ1) is 13.9. The Balaban J connectivity index is 1.66. The van der Waals surface area contributed by atoms with Crippen molar-refractivity contribution in [3.05, 3.63) is 47.9 Å². The molecule has 4 rings (SSSR count). The molecule has 0 radical (unpaired) electrons. The Bertz CT molecular complexity index is 906. The molecular weight excluding hydrogens is 288 g/mol. The Morgan fingerprint density at radius 1 is 1.30 bits per heavy atom. The number of hydrogen-bond acceptors (Lipinski definition) is 3. The number of nitrogens with one attached hydrogen (secondary N) is 2. The van der Waals surface area contributed by atoms with E-state index >= 15 is 0 Å². The zero-order chi connectivity index (χ0) is 16.2. The summed E-state index contributed by atoms with van der Waals surface area (Å²) < 4.78 is 0. The number of carbonyl (C=O) groups excluding carboxylic acids is 1. The van der Waals surface area contributed by atoms with Gasteiger partial charge in [-0.3, -0.25) is 9.78 Å². The van der Waals surface area contributed by atoms with Gasteiger partial charge in [0.25, 0.3) is 5.91 Å². The molecule has 1 aliphatic heterocycles. The standard InChI is InChI=1S/C18H18N4O/c1-18(2,3)16(12-6-4-5-7-19-12)22-17(23)11-9-20-14-10(11)8-13-15(14)21-13/h4-9,16,20H,1-3H3,(H,22,23)/t16-/m1/s1. The normalized spacial score (nSPS) is 13.9. The van der Waals surface area contributed by atoms with Crippen LogP contribution < -0.4 is 5.32 Å². The van der Waals surface area contributed by atoms with Crippen molar-refractivity contribution in [2.45, 2.75) is 26.8 Å². The van der Waals surface area contributed by atoms with E-state index in [4.69, 9.17) is 0 Å². The Labute approximate surface area is 134 Å². The minimum atomic E-state index is -0.164. The second-order valence-corrected chi connectivity index (χ2v) is 7.01. The fraction of sp³-hybridized carbons (Fsp3) is 0.278. The molecule has 3 heterocycles. The van der Waals surface area contributed by atoms with Crippen LogP contribution in [0.2, 0.25) is 0 Å². The summed E-state index contributed by atoms with van der Waals surface area (Å²) in [6.07, 6.45) is 3.51. The Kier molecular flexibility index (Phi) is 2.82. The van der Waals surface area contributed by atoms with Crippen LogP contribution in [0.15, 0.2) is 36.7 Å². The third-order valence-corrected chi connectivity index (χ3v) is 4.23. The van der Waals surface area contributed by atoms with E-state index < -0.39 is 0 Å². The van der Waals surface area contributed by atoms with Crippen LogP contribution in [0.5, 0.6) is 0 Å². The lowest BCUT2D eigenvalue weighted by atomic mass is 9.84. The molecule has 2 aromatic rings. The van der Waals surface area contributed by atoms with Crippen LogP contribution >= 0.6 is 0 Å². The molecule has 5 heteroatoms. The van der Waals surface area contributed by atoms with E-state index in [0.29, 0.717) is 5.56 Å². The van der Waals surface area contributed by atoms with Crippen molar-refractivity contribution >= 4 is 16.8 Å². The molecule has 0 unspecified atom stereocenters. The maximum absolute atomic E-state index is 12.8. The molecule has 116 valence electrons. The van der Waals surface area contributed by atoms with Crippen LogP contribution in [0, 0.1) is 5.41 Å². The molecule has 2 aromatic heterocycles. The average Bonchev–Trinajstić information content (AvgIpc) is 2.99. The van der Waals surface area contributed by atoms with Gasteiger partial charge in [0.15, 0.2) is 0 Å². The highest BCUT2D eigenvalue weighted by Gasteiger charge is 2.31. The summed E-state index contributed by atoms with van der Waals surface area (Å²) in [6, 6.07) is 7.57. The van der Waals surface area contributed by atoms with Crippen LogP contribution in [0.1, 0.15) is 42.9 Å². The maximum Gasteiger partial charge on any atom is 0.254 e. The first-order valence-corrected chi connectivity index (χ1v) is 7.69. The van der Waals surface area contributed by atoms with E-state index in [0.717, 1.165) is 28.0 Å². The van der Waals surface area contributed by atoms with E-state index in [1.54, 1.807) is 12.4 Å².